The fourth-order valence-corrected chi connectivity index (χ4v) is 6.66. The van der Waals surface area contributed by atoms with Gasteiger partial charge in [-0.1, -0.05) is 13.8 Å². The normalized spacial score (nSPS) is 53.4. The van der Waals surface area contributed by atoms with Gasteiger partial charge in [0.05, 0.1) is 17.7 Å². The van der Waals surface area contributed by atoms with Crippen molar-refractivity contribution in [3.8, 4) is 6.07 Å². The Morgan fingerprint density at radius 3 is 2.75 bits per heavy atom. The van der Waals surface area contributed by atoms with Crippen molar-refractivity contribution in [1.29, 1.82) is 5.26 Å². The first-order valence-electron chi connectivity index (χ1n) is 9.40. The van der Waals surface area contributed by atoms with Crippen LogP contribution in [-0.2, 0) is 4.79 Å². The summed E-state index contributed by atoms with van der Waals surface area (Å²) in [6, 6.07) is 1.61. The lowest BCUT2D eigenvalue weighted by Crippen LogP contribution is -2.56. The van der Waals surface area contributed by atoms with Gasteiger partial charge >= 0.3 is 0 Å². The quantitative estimate of drug-likeness (QED) is 0.805. The molecule has 0 aromatic carbocycles. The molecule has 5 heteroatoms. The average Bonchev–Trinajstić information content (AvgIpc) is 2.82. The molecular weight excluding hydrogens is 302 g/mol. The first-order chi connectivity index (χ1) is 11.2. The molecule has 4 aliphatic rings. The van der Waals surface area contributed by atoms with Gasteiger partial charge in [0.15, 0.2) is 0 Å². The van der Waals surface area contributed by atoms with Crippen LogP contribution in [0.25, 0.3) is 0 Å². The number of hydrogen-bond acceptors (Lipinski definition) is 4. The van der Waals surface area contributed by atoms with Crippen molar-refractivity contribution in [2.24, 2.45) is 34.8 Å². The molecule has 4 rings (SSSR count). The molecule has 5 nitrogen and oxygen atoms in total. The second kappa shape index (κ2) is 4.95. The smallest absolute Gasteiger partial charge is 0.241 e. The number of rotatable bonds is 2. The minimum atomic E-state index is -0.724. The van der Waals surface area contributed by atoms with Crippen LogP contribution in [0.4, 0.5) is 0 Å². The maximum absolute atomic E-state index is 13.3. The molecule has 0 aromatic heterocycles. The maximum Gasteiger partial charge on any atom is 0.241 e. The number of amides is 1. The van der Waals surface area contributed by atoms with Crippen molar-refractivity contribution >= 4 is 5.91 Å². The Morgan fingerprint density at radius 1 is 1.38 bits per heavy atom. The molecule has 1 heterocycles. The van der Waals surface area contributed by atoms with Crippen molar-refractivity contribution in [2.45, 2.75) is 76.6 Å². The summed E-state index contributed by atoms with van der Waals surface area (Å²) in [6.07, 6.45) is 4.10. The van der Waals surface area contributed by atoms with E-state index in [0.29, 0.717) is 30.1 Å². The minimum Gasteiger partial charge on any atom is -0.390 e. The van der Waals surface area contributed by atoms with Gasteiger partial charge in [-0.3, -0.25) is 4.79 Å². The monoisotopic (exact) mass is 331 g/mol. The van der Waals surface area contributed by atoms with Crippen molar-refractivity contribution in [3.63, 3.8) is 0 Å². The van der Waals surface area contributed by atoms with Crippen LogP contribution in [0.5, 0.6) is 0 Å². The molecule has 3 saturated carbocycles. The molecule has 1 amide bonds. The van der Waals surface area contributed by atoms with Crippen molar-refractivity contribution in [3.05, 3.63) is 0 Å². The van der Waals surface area contributed by atoms with Crippen molar-refractivity contribution in [2.75, 3.05) is 0 Å². The lowest BCUT2D eigenvalue weighted by atomic mass is 9.72. The highest BCUT2D eigenvalue weighted by molar-refractivity contribution is 5.84. The Bertz CT molecular complexity index is 612. The molecule has 0 spiro atoms. The molecule has 3 aliphatic carbocycles. The number of nitrogens with two attached hydrogens (primary N) is 1. The number of fused-ring (bicyclic) bond motifs is 2. The van der Waals surface area contributed by atoms with Crippen LogP contribution >= 0.6 is 0 Å². The Kier molecular flexibility index (Phi) is 3.38. The number of nitriles is 1. The first-order valence-corrected chi connectivity index (χ1v) is 9.40. The summed E-state index contributed by atoms with van der Waals surface area (Å²) in [5, 5.41) is 20.1. The molecular formula is C19H29N3O2. The minimum absolute atomic E-state index is 0.0461. The van der Waals surface area contributed by atoms with E-state index in [9.17, 15) is 15.2 Å². The molecule has 24 heavy (non-hydrogen) atoms. The van der Waals surface area contributed by atoms with E-state index in [2.05, 4.69) is 19.9 Å². The number of hydrogen-bond donors (Lipinski definition) is 2. The summed E-state index contributed by atoms with van der Waals surface area (Å²) >= 11 is 0. The van der Waals surface area contributed by atoms with Crippen LogP contribution in [0.3, 0.4) is 0 Å². The van der Waals surface area contributed by atoms with Gasteiger partial charge in [-0.2, -0.15) is 5.26 Å². The predicted molar refractivity (Wildman–Crippen MR) is 89.5 cm³/mol. The first kappa shape index (κ1) is 16.4. The summed E-state index contributed by atoms with van der Waals surface area (Å²) in [7, 11) is 0. The van der Waals surface area contributed by atoms with Crippen LogP contribution in [0.15, 0.2) is 0 Å². The standard InChI is InChI=1S/C19H29N3O2/c1-10-4-12-7-18(3,24)9-19(12,6-10)16(21)17(23)22-13(8-20)5-14-11(2)15(14)22/h10-16,24H,4-7,9,21H2,1-3H3/t10?,11-,12?,13-,14?,15?,16?,18?,19-/m0/s1. The molecule has 0 bridgehead atoms. The molecule has 3 N–H and O–H groups in total. The zero-order valence-electron chi connectivity index (χ0n) is 14.9. The van der Waals surface area contributed by atoms with Gasteiger partial charge in [0.2, 0.25) is 5.91 Å². The van der Waals surface area contributed by atoms with Crippen LogP contribution in [0.2, 0.25) is 0 Å². The van der Waals surface area contributed by atoms with Crippen LogP contribution in [0.1, 0.15) is 52.9 Å². The second-order valence-electron chi connectivity index (χ2n) is 9.47. The van der Waals surface area contributed by atoms with E-state index >= 15 is 0 Å². The van der Waals surface area contributed by atoms with E-state index in [0.717, 1.165) is 25.7 Å². The van der Waals surface area contributed by atoms with Crippen LogP contribution in [-0.4, -0.2) is 39.6 Å². The number of piperidine rings is 1. The zero-order chi connectivity index (χ0) is 17.4. The predicted octanol–water partition coefficient (Wildman–Crippen LogP) is 1.65. The molecule has 9 atom stereocenters. The van der Waals surface area contributed by atoms with E-state index in [1.54, 1.807) is 0 Å². The molecule has 4 fully saturated rings. The molecule has 1 aliphatic heterocycles. The fraction of sp³-hybridized carbons (Fsp3) is 0.895. The van der Waals surface area contributed by atoms with E-state index in [4.69, 9.17) is 5.73 Å². The molecule has 132 valence electrons. The summed E-state index contributed by atoms with van der Waals surface area (Å²) in [5.74, 6) is 1.79. The number of likely N-dealkylation sites (tertiary alicyclic amines) is 1. The topological polar surface area (TPSA) is 90.3 Å². The number of aliphatic hydroxyl groups is 1. The van der Waals surface area contributed by atoms with E-state index in [1.807, 2.05) is 11.8 Å². The van der Waals surface area contributed by atoms with Crippen molar-refractivity contribution in [1.82, 2.24) is 4.90 Å². The third kappa shape index (κ3) is 2.09. The van der Waals surface area contributed by atoms with E-state index < -0.39 is 11.6 Å². The number of nitrogens with zero attached hydrogens (tertiary/aromatic N) is 2. The largest absolute Gasteiger partial charge is 0.390 e. The summed E-state index contributed by atoms with van der Waals surface area (Å²) in [6.45, 7) is 6.26. The summed E-state index contributed by atoms with van der Waals surface area (Å²) < 4.78 is 0. The fourth-order valence-electron chi connectivity index (χ4n) is 6.66. The van der Waals surface area contributed by atoms with Crippen LogP contribution < -0.4 is 5.73 Å². The van der Waals surface area contributed by atoms with E-state index in [1.165, 1.54) is 0 Å². The average molecular weight is 331 g/mol. The number of carbonyl (C=O) groups excluding carboxylic acids is 1. The number of carbonyl (C=O) groups is 1. The lowest BCUT2D eigenvalue weighted by molar-refractivity contribution is -0.137. The third-order valence-electron chi connectivity index (χ3n) is 7.58. The molecule has 6 unspecified atom stereocenters. The Labute approximate surface area is 144 Å². The summed E-state index contributed by atoms with van der Waals surface area (Å²) in [5.41, 5.74) is 5.57. The van der Waals surface area contributed by atoms with Gasteiger partial charge in [0.25, 0.3) is 0 Å². The SMILES string of the molecule is CC1CC2CC(C)(O)C[C@@]2(C(N)C(=O)N2C3C(C[C@H]2C#N)[C@@H]3C)C1. The summed E-state index contributed by atoms with van der Waals surface area (Å²) in [4.78, 5) is 15.1. The highest BCUT2D eigenvalue weighted by Crippen LogP contribution is 2.61. The lowest BCUT2D eigenvalue weighted by Gasteiger charge is -2.39. The second-order valence-corrected chi connectivity index (χ2v) is 9.47. The highest BCUT2D eigenvalue weighted by Gasteiger charge is 2.64. The Balaban J connectivity index is 1.62. The molecule has 1 saturated heterocycles. The zero-order valence-corrected chi connectivity index (χ0v) is 14.9. The maximum atomic E-state index is 13.3. The van der Waals surface area contributed by atoms with Gasteiger partial charge < -0.3 is 15.7 Å². The van der Waals surface area contributed by atoms with E-state index in [-0.39, 0.29) is 23.4 Å². The molecule has 0 radical (unpaired) electrons. The van der Waals surface area contributed by atoms with Crippen molar-refractivity contribution < 1.29 is 9.90 Å². The molecule has 0 aromatic rings. The van der Waals surface area contributed by atoms with Gasteiger partial charge in [0, 0.05) is 11.5 Å². The Morgan fingerprint density at radius 2 is 2.08 bits per heavy atom. The van der Waals surface area contributed by atoms with Gasteiger partial charge in [-0.15, -0.1) is 0 Å². The van der Waals surface area contributed by atoms with Gasteiger partial charge in [0.1, 0.15) is 6.04 Å². The highest BCUT2D eigenvalue weighted by atomic mass is 16.3. The third-order valence-corrected chi connectivity index (χ3v) is 7.58. The van der Waals surface area contributed by atoms with Crippen LogP contribution in [0, 0.1) is 40.4 Å². The van der Waals surface area contributed by atoms with Gasteiger partial charge in [-0.25, -0.2) is 0 Å². The van der Waals surface area contributed by atoms with Gasteiger partial charge in [-0.05, 0) is 62.7 Å². The Hall–Kier alpha value is -1.12.